The molecule has 6 heteroatoms. The summed E-state index contributed by atoms with van der Waals surface area (Å²) in [6.45, 7) is 2.21. The van der Waals surface area contributed by atoms with E-state index in [1.165, 1.54) is 0 Å². The molecule has 0 bridgehead atoms. The molecule has 0 aromatic carbocycles. The SMILES string of the molecule is COC1(c2nc(O)c(I)c(=O)[nH]2)CCC(C)CC1. The summed E-state index contributed by atoms with van der Waals surface area (Å²) >= 11 is 1.78. The predicted molar refractivity (Wildman–Crippen MR) is 75.6 cm³/mol. The number of methoxy groups -OCH3 is 1. The van der Waals surface area contributed by atoms with Gasteiger partial charge in [-0.05, 0) is 54.2 Å². The van der Waals surface area contributed by atoms with Gasteiger partial charge in [-0.2, -0.15) is 4.98 Å². The van der Waals surface area contributed by atoms with Crippen molar-refractivity contribution in [2.24, 2.45) is 5.92 Å². The van der Waals surface area contributed by atoms with Crippen LogP contribution in [0.4, 0.5) is 0 Å². The summed E-state index contributed by atoms with van der Waals surface area (Å²) in [7, 11) is 1.63. The third-order valence-corrected chi connectivity index (χ3v) is 4.72. The van der Waals surface area contributed by atoms with Gasteiger partial charge in [-0.25, -0.2) is 0 Å². The van der Waals surface area contributed by atoms with E-state index in [9.17, 15) is 9.90 Å². The van der Waals surface area contributed by atoms with Crippen LogP contribution in [0.3, 0.4) is 0 Å². The monoisotopic (exact) mass is 364 g/mol. The molecular weight excluding hydrogens is 347 g/mol. The first-order chi connectivity index (χ1) is 8.48. The number of nitrogens with zero attached hydrogens (tertiary/aromatic N) is 1. The molecular formula is C12H17IN2O3. The van der Waals surface area contributed by atoms with Crippen LogP contribution in [0.5, 0.6) is 5.88 Å². The highest BCUT2D eigenvalue weighted by molar-refractivity contribution is 14.1. The number of aromatic nitrogens is 2. The van der Waals surface area contributed by atoms with Crippen LogP contribution in [0, 0.1) is 9.49 Å². The number of aromatic amines is 1. The zero-order valence-corrected chi connectivity index (χ0v) is 12.7. The second kappa shape index (κ2) is 5.16. The van der Waals surface area contributed by atoms with Gasteiger partial charge in [0, 0.05) is 7.11 Å². The molecule has 0 spiro atoms. The van der Waals surface area contributed by atoms with Crippen molar-refractivity contribution in [3.05, 3.63) is 19.7 Å². The van der Waals surface area contributed by atoms with E-state index in [0.29, 0.717) is 11.7 Å². The lowest BCUT2D eigenvalue weighted by Crippen LogP contribution is -2.37. The van der Waals surface area contributed by atoms with Crippen molar-refractivity contribution >= 4 is 22.6 Å². The van der Waals surface area contributed by atoms with Crippen LogP contribution in [-0.4, -0.2) is 22.2 Å². The molecule has 0 radical (unpaired) electrons. The number of aromatic hydroxyl groups is 1. The van der Waals surface area contributed by atoms with Gasteiger partial charge in [-0.15, -0.1) is 0 Å². The zero-order chi connectivity index (χ0) is 13.3. The van der Waals surface area contributed by atoms with E-state index in [1.54, 1.807) is 29.7 Å². The minimum Gasteiger partial charge on any atom is -0.492 e. The van der Waals surface area contributed by atoms with Gasteiger partial charge in [-0.3, -0.25) is 4.79 Å². The molecule has 1 aliphatic carbocycles. The van der Waals surface area contributed by atoms with Crippen LogP contribution in [0.25, 0.3) is 0 Å². The number of H-pyrrole nitrogens is 1. The van der Waals surface area contributed by atoms with Gasteiger partial charge in [0.1, 0.15) is 15.0 Å². The number of nitrogens with one attached hydrogen (secondary N) is 1. The molecule has 1 heterocycles. The highest BCUT2D eigenvalue weighted by atomic mass is 127. The normalized spacial score (nSPS) is 28.3. The first kappa shape index (κ1) is 13.8. The fraction of sp³-hybridized carbons (Fsp3) is 0.667. The largest absolute Gasteiger partial charge is 0.492 e. The van der Waals surface area contributed by atoms with Crippen molar-refractivity contribution in [3.8, 4) is 5.88 Å². The van der Waals surface area contributed by atoms with Crippen molar-refractivity contribution in [1.29, 1.82) is 0 Å². The summed E-state index contributed by atoms with van der Waals surface area (Å²) in [6, 6.07) is 0. The van der Waals surface area contributed by atoms with Gasteiger partial charge in [0.25, 0.3) is 5.56 Å². The molecule has 18 heavy (non-hydrogen) atoms. The number of rotatable bonds is 2. The Hall–Kier alpha value is -0.630. The van der Waals surface area contributed by atoms with Crippen molar-refractivity contribution in [2.75, 3.05) is 7.11 Å². The van der Waals surface area contributed by atoms with E-state index >= 15 is 0 Å². The summed E-state index contributed by atoms with van der Waals surface area (Å²) in [6.07, 6.45) is 3.69. The van der Waals surface area contributed by atoms with Crippen molar-refractivity contribution in [2.45, 2.75) is 38.2 Å². The smallest absolute Gasteiger partial charge is 0.268 e. The Labute approximate surface area is 119 Å². The summed E-state index contributed by atoms with van der Waals surface area (Å²) in [5, 5.41) is 9.68. The maximum Gasteiger partial charge on any atom is 0.268 e. The quantitative estimate of drug-likeness (QED) is 0.789. The fourth-order valence-corrected chi connectivity index (χ4v) is 2.68. The molecule has 1 saturated carbocycles. The second-order valence-electron chi connectivity index (χ2n) is 4.93. The number of ether oxygens (including phenoxy) is 1. The van der Waals surface area contributed by atoms with E-state index in [1.807, 2.05) is 0 Å². The zero-order valence-electron chi connectivity index (χ0n) is 10.5. The molecule has 2 N–H and O–H groups in total. The standard InChI is InChI=1S/C12H17IN2O3/c1-7-3-5-12(18-2,6-4-7)11-14-9(16)8(13)10(17)15-11/h7H,3-6H2,1-2H3,(H2,14,15,16,17). The van der Waals surface area contributed by atoms with Gasteiger partial charge in [-0.1, -0.05) is 6.92 Å². The van der Waals surface area contributed by atoms with Gasteiger partial charge in [0.05, 0.1) is 0 Å². The molecule has 2 rings (SSSR count). The third-order valence-electron chi connectivity index (χ3n) is 3.75. The second-order valence-corrected chi connectivity index (χ2v) is 6.01. The summed E-state index contributed by atoms with van der Waals surface area (Å²) in [4.78, 5) is 18.5. The Bertz CT molecular complexity index is 493. The molecule has 1 aromatic heterocycles. The van der Waals surface area contributed by atoms with Gasteiger partial charge < -0.3 is 14.8 Å². The predicted octanol–water partition coefficient (Wildman–Crippen LogP) is 2.13. The Kier molecular flexibility index (Phi) is 3.96. The number of halogens is 1. The molecule has 0 atom stereocenters. The average molecular weight is 364 g/mol. The maximum atomic E-state index is 11.7. The lowest BCUT2D eigenvalue weighted by atomic mass is 9.79. The molecule has 1 fully saturated rings. The molecule has 0 saturated heterocycles. The van der Waals surface area contributed by atoms with Crippen LogP contribution >= 0.6 is 22.6 Å². The van der Waals surface area contributed by atoms with Crippen molar-refractivity contribution < 1.29 is 9.84 Å². The summed E-state index contributed by atoms with van der Waals surface area (Å²) < 4.78 is 5.83. The molecule has 0 amide bonds. The molecule has 1 aromatic rings. The minimum atomic E-state index is -0.562. The molecule has 5 nitrogen and oxygen atoms in total. The Balaban J connectivity index is 2.42. The first-order valence-electron chi connectivity index (χ1n) is 6.03. The van der Waals surface area contributed by atoms with E-state index in [4.69, 9.17) is 4.74 Å². The topological polar surface area (TPSA) is 75.2 Å². The Morgan fingerprint density at radius 2 is 2.11 bits per heavy atom. The molecule has 1 aliphatic rings. The molecule has 0 unspecified atom stereocenters. The number of hydrogen-bond acceptors (Lipinski definition) is 4. The van der Waals surface area contributed by atoms with Gasteiger partial charge in [0.2, 0.25) is 5.88 Å². The Morgan fingerprint density at radius 3 is 2.61 bits per heavy atom. The summed E-state index contributed by atoms with van der Waals surface area (Å²) in [5.41, 5.74) is -0.874. The van der Waals surface area contributed by atoms with E-state index in [2.05, 4.69) is 16.9 Å². The lowest BCUT2D eigenvalue weighted by Gasteiger charge is -2.37. The van der Waals surface area contributed by atoms with E-state index in [0.717, 1.165) is 25.7 Å². The van der Waals surface area contributed by atoms with Crippen LogP contribution in [0.15, 0.2) is 4.79 Å². The van der Waals surface area contributed by atoms with Crippen LogP contribution in [-0.2, 0) is 10.3 Å². The van der Waals surface area contributed by atoms with Gasteiger partial charge in [0.15, 0.2) is 0 Å². The van der Waals surface area contributed by atoms with E-state index < -0.39 is 5.60 Å². The molecule has 0 aliphatic heterocycles. The van der Waals surface area contributed by atoms with Crippen molar-refractivity contribution in [1.82, 2.24) is 9.97 Å². The first-order valence-corrected chi connectivity index (χ1v) is 7.11. The average Bonchev–Trinajstić information content (AvgIpc) is 2.37. The third kappa shape index (κ3) is 2.40. The maximum absolute atomic E-state index is 11.7. The number of hydrogen-bond donors (Lipinski definition) is 2. The van der Waals surface area contributed by atoms with E-state index in [-0.39, 0.29) is 15.0 Å². The summed E-state index contributed by atoms with van der Waals surface area (Å²) in [5.74, 6) is 0.890. The van der Waals surface area contributed by atoms with Gasteiger partial charge >= 0.3 is 0 Å². The van der Waals surface area contributed by atoms with Crippen LogP contribution in [0.1, 0.15) is 38.4 Å². The lowest BCUT2D eigenvalue weighted by molar-refractivity contribution is -0.0602. The van der Waals surface area contributed by atoms with Crippen LogP contribution < -0.4 is 5.56 Å². The van der Waals surface area contributed by atoms with Crippen LogP contribution in [0.2, 0.25) is 0 Å². The Morgan fingerprint density at radius 1 is 1.50 bits per heavy atom. The van der Waals surface area contributed by atoms with Crippen molar-refractivity contribution in [3.63, 3.8) is 0 Å². The minimum absolute atomic E-state index is 0.215. The fourth-order valence-electron chi connectivity index (χ4n) is 2.43. The highest BCUT2D eigenvalue weighted by Gasteiger charge is 2.38. The molecule has 100 valence electrons. The highest BCUT2D eigenvalue weighted by Crippen LogP contribution is 2.40.